The van der Waals surface area contributed by atoms with Gasteiger partial charge >= 0.3 is 5.69 Å². The van der Waals surface area contributed by atoms with Crippen molar-refractivity contribution in [1.82, 2.24) is 9.13 Å². The summed E-state index contributed by atoms with van der Waals surface area (Å²) in [4.78, 5) is 25.0. The van der Waals surface area contributed by atoms with Crippen molar-refractivity contribution in [2.24, 2.45) is 14.1 Å². The van der Waals surface area contributed by atoms with E-state index >= 15 is 0 Å². The zero-order chi connectivity index (χ0) is 13.3. The number of aromatic nitrogens is 2. The Morgan fingerprint density at radius 1 is 1.22 bits per heavy atom. The lowest BCUT2D eigenvalue weighted by atomic mass is 10.2. The number of nitrogen functional groups attached to an aromatic ring is 1. The van der Waals surface area contributed by atoms with Gasteiger partial charge in [0.1, 0.15) is 31.0 Å². The Balaban J connectivity index is 2.38. The Hall–Kier alpha value is -1.60. The van der Waals surface area contributed by atoms with Crippen molar-refractivity contribution < 1.29 is 9.64 Å². The largest absolute Gasteiger partial charge is 0.384 e. The predicted octanol–water partition coefficient (Wildman–Crippen LogP) is -2.92. The Morgan fingerprint density at radius 3 is 2.44 bits per heavy atom. The summed E-state index contributed by atoms with van der Waals surface area (Å²) in [5.41, 5.74) is 5.70. The van der Waals surface area contributed by atoms with Crippen molar-refractivity contribution in [3.8, 4) is 0 Å². The number of hydrogen-bond donors (Lipinski definition) is 2. The molecule has 7 heteroatoms. The number of ether oxygens (including phenoxy) is 1. The number of hydrogen-bond acceptors (Lipinski definition) is 4. The van der Waals surface area contributed by atoms with E-state index in [-0.39, 0.29) is 11.4 Å². The molecule has 18 heavy (non-hydrogen) atoms. The molecule has 0 radical (unpaired) electrons. The minimum atomic E-state index is -0.391. The Morgan fingerprint density at radius 2 is 1.83 bits per heavy atom. The van der Waals surface area contributed by atoms with Crippen LogP contribution in [0.2, 0.25) is 0 Å². The average molecular weight is 255 g/mol. The molecule has 0 bridgehead atoms. The summed E-state index contributed by atoms with van der Waals surface area (Å²) in [5, 5.41) is 0. The van der Waals surface area contributed by atoms with Crippen molar-refractivity contribution in [1.29, 1.82) is 0 Å². The minimum Gasteiger partial charge on any atom is -0.384 e. The monoisotopic (exact) mass is 255 g/mol. The molecule has 1 saturated heterocycles. The summed E-state index contributed by atoms with van der Waals surface area (Å²) in [7, 11) is 3.05. The molecule has 0 aromatic carbocycles. The molecular formula is C11H19N4O3+. The van der Waals surface area contributed by atoms with E-state index in [9.17, 15) is 9.59 Å². The highest BCUT2D eigenvalue weighted by atomic mass is 16.5. The van der Waals surface area contributed by atoms with Crippen molar-refractivity contribution in [3.05, 3.63) is 26.4 Å². The molecule has 0 amide bonds. The molecule has 1 aromatic rings. The quantitative estimate of drug-likeness (QED) is 0.593. The second-order valence-electron chi connectivity index (χ2n) is 4.61. The molecule has 7 nitrogen and oxygen atoms in total. The maximum absolute atomic E-state index is 12.1. The van der Waals surface area contributed by atoms with Crippen LogP contribution in [0, 0.1) is 0 Å². The second kappa shape index (κ2) is 4.95. The fourth-order valence-electron chi connectivity index (χ4n) is 2.18. The molecule has 0 aliphatic carbocycles. The van der Waals surface area contributed by atoms with Crippen LogP contribution in [-0.4, -0.2) is 35.4 Å². The molecule has 0 unspecified atom stereocenters. The van der Waals surface area contributed by atoms with Crippen LogP contribution in [0.25, 0.3) is 0 Å². The standard InChI is InChI=1S/C11H18N4O3/c1-13-9(12)8(10(16)14(2)11(13)17)7-15-3-5-18-6-4-15/h3-7,12H2,1-2H3/p+1. The van der Waals surface area contributed by atoms with E-state index in [0.29, 0.717) is 25.3 Å². The molecule has 1 fully saturated rings. The van der Waals surface area contributed by atoms with Crippen LogP contribution in [-0.2, 0) is 25.4 Å². The number of nitrogens with two attached hydrogens (primary N) is 1. The average Bonchev–Trinajstić information content (AvgIpc) is 2.40. The fraction of sp³-hybridized carbons (Fsp3) is 0.636. The molecule has 2 rings (SSSR count). The summed E-state index contributed by atoms with van der Waals surface area (Å²) in [6, 6.07) is 0. The minimum absolute atomic E-state index is 0.266. The first-order chi connectivity index (χ1) is 8.52. The molecule has 1 aromatic heterocycles. The molecule has 0 saturated carbocycles. The van der Waals surface area contributed by atoms with Crippen LogP contribution in [0.3, 0.4) is 0 Å². The van der Waals surface area contributed by atoms with E-state index < -0.39 is 5.69 Å². The summed E-state index contributed by atoms with van der Waals surface area (Å²) in [5.74, 6) is 0.266. The summed E-state index contributed by atoms with van der Waals surface area (Å²) in [6.07, 6.45) is 0. The van der Waals surface area contributed by atoms with Gasteiger partial charge in [0.2, 0.25) is 0 Å². The van der Waals surface area contributed by atoms with E-state index in [0.717, 1.165) is 17.7 Å². The van der Waals surface area contributed by atoms with Crippen molar-refractivity contribution in [2.75, 3.05) is 32.0 Å². The maximum atomic E-state index is 12.1. The van der Waals surface area contributed by atoms with Crippen LogP contribution in [0.15, 0.2) is 9.59 Å². The molecule has 3 N–H and O–H groups in total. The zero-order valence-electron chi connectivity index (χ0n) is 10.7. The topological polar surface area (TPSA) is 83.7 Å². The van der Waals surface area contributed by atoms with Gasteiger partial charge in [-0.25, -0.2) is 4.79 Å². The van der Waals surface area contributed by atoms with Gasteiger partial charge in [0, 0.05) is 14.1 Å². The first kappa shape index (κ1) is 12.8. The third-order valence-electron chi connectivity index (χ3n) is 3.43. The summed E-state index contributed by atoms with van der Waals surface area (Å²) < 4.78 is 7.69. The van der Waals surface area contributed by atoms with Gasteiger partial charge in [-0.15, -0.1) is 0 Å². The normalized spacial score (nSPS) is 17.0. The summed E-state index contributed by atoms with van der Waals surface area (Å²) in [6.45, 7) is 3.63. The van der Waals surface area contributed by atoms with Crippen LogP contribution < -0.4 is 21.9 Å². The van der Waals surface area contributed by atoms with Gasteiger partial charge in [0.15, 0.2) is 0 Å². The number of nitrogens with zero attached hydrogens (tertiary/aromatic N) is 2. The third-order valence-corrected chi connectivity index (χ3v) is 3.43. The van der Waals surface area contributed by atoms with Crippen molar-refractivity contribution in [2.45, 2.75) is 6.54 Å². The molecule has 2 heterocycles. The maximum Gasteiger partial charge on any atom is 0.332 e. The van der Waals surface area contributed by atoms with Gasteiger partial charge in [0.25, 0.3) is 5.56 Å². The van der Waals surface area contributed by atoms with E-state index in [1.54, 1.807) is 7.05 Å². The highest BCUT2D eigenvalue weighted by molar-refractivity contribution is 5.37. The predicted molar refractivity (Wildman–Crippen MR) is 66.6 cm³/mol. The van der Waals surface area contributed by atoms with E-state index in [2.05, 4.69) is 0 Å². The lowest BCUT2D eigenvalue weighted by Crippen LogP contribution is -3.13. The fourth-order valence-corrected chi connectivity index (χ4v) is 2.18. The van der Waals surface area contributed by atoms with Crippen molar-refractivity contribution in [3.63, 3.8) is 0 Å². The molecule has 1 aliphatic rings. The number of morpholine rings is 1. The van der Waals surface area contributed by atoms with Crippen molar-refractivity contribution >= 4 is 5.82 Å². The lowest BCUT2D eigenvalue weighted by molar-refractivity contribution is -0.921. The van der Waals surface area contributed by atoms with Gasteiger partial charge in [-0.1, -0.05) is 0 Å². The number of quaternary nitrogens is 1. The van der Waals surface area contributed by atoms with Crippen LogP contribution in [0.4, 0.5) is 5.82 Å². The van der Waals surface area contributed by atoms with Gasteiger partial charge in [-0.05, 0) is 0 Å². The highest BCUT2D eigenvalue weighted by Gasteiger charge is 2.20. The van der Waals surface area contributed by atoms with Gasteiger partial charge < -0.3 is 15.4 Å². The van der Waals surface area contributed by atoms with Crippen LogP contribution in [0.1, 0.15) is 5.56 Å². The SMILES string of the molecule is Cn1c(N)c(C[NH+]2CCOCC2)c(=O)n(C)c1=O. The Kier molecular flexibility index (Phi) is 3.53. The smallest absolute Gasteiger partial charge is 0.332 e. The highest BCUT2D eigenvalue weighted by Crippen LogP contribution is 2.00. The molecular weight excluding hydrogens is 236 g/mol. The second-order valence-corrected chi connectivity index (χ2v) is 4.61. The molecule has 100 valence electrons. The van der Waals surface area contributed by atoms with Crippen LogP contribution in [0.5, 0.6) is 0 Å². The van der Waals surface area contributed by atoms with Gasteiger partial charge in [0.05, 0.1) is 13.2 Å². The number of nitrogens with one attached hydrogen (secondary N) is 1. The Bertz CT molecular complexity index is 555. The first-order valence-electron chi connectivity index (χ1n) is 5.98. The van der Waals surface area contributed by atoms with Gasteiger partial charge in [-0.2, -0.15) is 0 Å². The van der Waals surface area contributed by atoms with Crippen LogP contribution >= 0.6 is 0 Å². The molecule has 0 atom stereocenters. The first-order valence-corrected chi connectivity index (χ1v) is 5.98. The number of anilines is 1. The molecule has 1 aliphatic heterocycles. The summed E-state index contributed by atoms with van der Waals surface area (Å²) >= 11 is 0. The number of rotatable bonds is 2. The van der Waals surface area contributed by atoms with E-state index in [4.69, 9.17) is 10.5 Å². The lowest BCUT2D eigenvalue weighted by Gasteiger charge is -2.24. The Labute approximate surface area is 104 Å². The zero-order valence-corrected chi connectivity index (χ0v) is 10.7. The van der Waals surface area contributed by atoms with Gasteiger partial charge in [-0.3, -0.25) is 13.9 Å². The third kappa shape index (κ3) is 2.19. The van der Waals surface area contributed by atoms with E-state index in [1.807, 2.05) is 0 Å². The van der Waals surface area contributed by atoms with E-state index in [1.165, 1.54) is 16.5 Å². The molecule has 0 spiro atoms.